The van der Waals surface area contributed by atoms with Gasteiger partial charge in [0, 0.05) is 31.6 Å². The molecule has 10 heteroatoms. The molecule has 6 nitrogen and oxygen atoms in total. The molecule has 152 valence electrons. The minimum Gasteiger partial charge on any atom is -0.450 e. The third-order valence-electron chi connectivity index (χ3n) is 4.75. The number of benzene rings is 2. The number of nitrogens with zero attached hydrogens (tertiary/aromatic N) is 2. The summed E-state index contributed by atoms with van der Waals surface area (Å²) in [5, 5.41) is 0.763. The van der Waals surface area contributed by atoms with Crippen LogP contribution in [0.3, 0.4) is 0 Å². The van der Waals surface area contributed by atoms with Crippen molar-refractivity contribution < 1.29 is 26.4 Å². The first-order valence-electron chi connectivity index (χ1n) is 8.70. The predicted octanol–water partition coefficient (Wildman–Crippen LogP) is 3.62. The number of piperazine rings is 1. The van der Waals surface area contributed by atoms with E-state index in [1.165, 1.54) is 4.90 Å². The third kappa shape index (κ3) is 3.56. The summed E-state index contributed by atoms with van der Waals surface area (Å²) >= 11 is 3.37. The van der Waals surface area contributed by atoms with Crippen molar-refractivity contribution in [2.45, 2.75) is 4.90 Å². The van der Waals surface area contributed by atoms with Crippen LogP contribution in [0.2, 0.25) is 0 Å². The summed E-state index contributed by atoms with van der Waals surface area (Å²) in [7, 11) is -4.35. The van der Waals surface area contributed by atoms with Crippen LogP contribution in [0.25, 0.3) is 11.0 Å². The van der Waals surface area contributed by atoms with E-state index in [1.54, 1.807) is 12.1 Å². The van der Waals surface area contributed by atoms with Gasteiger partial charge in [-0.3, -0.25) is 4.79 Å². The topological polar surface area (TPSA) is 70.8 Å². The van der Waals surface area contributed by atoms with Gasteiger partial charge >= 0.3 is 0 Å². The summed E-state index contributed by atoms with van der Waals surface area (Å²) in [6.07, 6.45) is 0. The van der Waals surface area contributed by atoms with Gasteiger partial charge < -0.3 is 9.32 Å². The first-order valence-corrected chi connectivity index (χ1v) is 10.9. The van der Waals surface area contributed by atoms with E-state index in [4.69, 9.17) is 4.42 Å². The fourth-order valence-corrected chi connectivity index (χ4v) is 5.27. The highest BCUT2D eigenvalue weighted by molar-refractivity contribution is 9.10. The van der Waals surface area contributed by atoms with E-state index >= 15 is 0 Å². The summed E-state index contributed by atoms with van der Waals surface area (Å²) in [5.74, 6) is -2.52. The van der Waals surface area contributed by atoms with E-state index in [-0.39, 0.29) is 37.8 Å². The molecular formula is C19H15BrF2N2O4S. The van der Waals surface area contributed by atoms with Gasteiger partial charge in [-0.2, -0.15) is 4.31 Å². The Bertz CT molecular complexity index is 1180. The second-order valence-electron chi connectivity index (χ2n) is 6.52. The number of halogens is 3. The van der Waals surface area contributed by atoms with Crippen molar-refractivity contribution >= 4 is 42.8 Å². The quantitative estimate of drug-likeness (QED) is 0.569. The van der Waals surface area contributed by atoms with Gasteiger partial charge in [-0.05, 0) is 40.2 Å². The second-order valence-corrected chi connectivity index (χ2v) is 9.25. The number of hydrogen-bond acceptors (Lipinski definition) is 4. The zero-order valence-electron chi connectivity index (χ0n) is 14.9. The highest BCUT2D eigenvalue weighted by Crippen LogP contribution is 2.28. The maximum absolute atomic E-state index is 13.9. The lowest BCUT2D eigenvalue weighted by Crippen LogP contribution is -2.50. The van der Waals surface area contributed by atoms with Crippen LogP contribution >= 0.6 is 15.9 Å². The minimum absolute atomic E-state index is 0.0757. The van der Waals surface area contributed by atoms with E-state index in [2.05, 4.69) is 15.9 Å². The zero-order valence-corrected chi connectivity index (χ0v) is 17.3. The second kappa shape index (κ2) is 7.51. The van der Waals surface area contributed by atoms with Crippen LogP contribution in [-0.4, -0.2) is 49.7 Å². The molecule has 0 unspecified atom stereocenters. The average molecular weight is 485 g/mol. The summed E-state index contributed by atoms with van der Waals surface area (Å²) in [4.78, 5) is 13.2. The fraction of sp³-hybridized carbons (Fsp3) is 0.211. The Kier molecular flexibility index (Phi) is 5.18. The molecule has 0 saturated carbocycles. The van der Waals surface area contributed by atoms with Gasteiger partial charge in [0.1, 0.15) is 17.2 Å². The van der Waals surface area contributed by atoms with E-state index in [0.29, 0.717) is 5.58 Å². The first kappa shape index (κ1) is 20.0. The molecule has 2 aromatic carbocycles. The summed E-state index contributed by atoms with van der Waals surface area (Å²) in [6, 6.07) is 9.96. The molecule has 0 bridgehead atoms. The third-order valence-corrected chi connectivity index (χ3v) is 7.32. The van der Waals surface area contributed by atoms with Crippen molar-refractivity contribution in [2.75, 3.05) is 26.2 Å². The van der Waals surface area contributed by atoms with E-state index < -0.39 is 26.6 Å². The normalized spacial score (nSPS) is 15.8. The molecule has 4 rings (SSSR count). The molecule has 1 aliphatic heterocycles. The SMILES string of the molecule is O=C(c1cc2cccc(Br)c2o1)N1CCN(S(=O)(=O)c2c(F)cccc2F)CC1. The Labute approximate surface area is 173 Å². The van der Waals surface area contributed by atoms with Crippen molar-refractivity contribution in [2.24, 2.45) is 0 Å². The Hall–Kier alpha value is -2.30. The Morgan fingerprint density at radius 3 is 2.24 bits per heavy atom. The molecule has 3 aromatic rings. The zero-order chi connectivity index (χ0) is 20.8. The number of amides is 1. The predicted molar refractivity (Wildman–Crippen MR) is 105 cm³/mol. The maximum atomic E-state index is 13.9. The maximum Gasteiger partial charge on any atom is 0.289 e. The largest absolute Gasteiger partial charge is 0.450 e. The van der Waals surface area contributed by atoms with Gasteiger partial charge in [0.05, 0.1) is 4.47 Å². The Morgan fingerprint density at radius 2 is 1.62 bits per heavy atom. The molecule has 1 aromatic heterocycles. The summed E-state index contributed by atoms with van der Waals surface area (Å²) < 4.78 is 60.5. The number of sulfonamides is 1. The molecule has 0 radical (unpaired) electrons. The van der Waals surface area contributed by atoms with Gasteiger partial charge in [-0.15, -0.1) is 0 Å². The molecule has 0 spiro atoms. The standard InChI is InChI=1S/C19H15BrF2N2O4S/c20-13-4-1-3-12-11-16(28-17(12)13)19(25)23-7-9-24(10-8-23)29(26,27)18-14(21)5-2-6-15(18)22/h1-6,11H,7-10H2. The van der Waals surface area contributed by atoms with Crippen molar-refractivity contribution in [3.63, 3.8) is 0 Å². The van der Waals surface area contributed by atoms with Gasteiger partial charge in [-0.25, -0.2) is 17.2 Å². The number of carbonyl (C=O) groups excluding carboxylic acids is 1. The van der Waals surface area contributed by atoms with Crippen LogP contribution in [0.5, 0.6) is 0 Å². The van der Waals surface area contributed by atoms with Crippen molar-refractivity contribution in [3.05, 3.63) is 64.3 Å². The molecule has 0 atom stereocenters. The van der Waals surface area contributed by atoms with Crippen molar-refractivity contribution in [1.82, 2.24) is 9.21 Å². The van der Waals surface area contributed by atoms with Gasteiger partial charge in [0.2, 0.25) is 10.0 Å². The van der Waals surface area contributed by atoms with Gasteiger partial charge in [0.25, 0.3) is 5.91 Å². The highest BCUT2D eigenvalue weighted by atomic mass is 79.9. The number of fused-ring (bicyclic) bond motifs is 1. The average Bonchev–Trinajstić information content (AvgIpc) is 3.13. The van der Waals surface area contributed by atoms with Crippen LogP contribution < -0.4 is 0 Å². The molecular weight excluding hydrogens is 470 g/mol. The minimum atomic E-state index is -4.35. The van der Waals surface area contributed by atoms with Crippen molar-refractivity contribution in [3.8, 4) is 0 Å². The molecule has 29 heavy (non-hydrogen) atoms. The number of rotatable bonds is 3. The number of hydrogen-bond donors (Lipinski definition) is 0. The van der Waals surface area contributed by atoms with Crippen LogP contribution in [0.15, 0.2) is 56.2 Å². The number of carbonyl (C=O) groups is 1. The summed E-state index contributed by atoms with van der Waals surface area (Å²) in [5.41, 5.74) is 0.548. The van der Waals surface area contributed by atoms with Gasteiger partial charge in [0.15, 0.2) is 10.7 Å². The van der Waals surface area contributed by atoms with E-state index in [9.17, 15) is 22.0 Å². The lowest BCUT2D eigenvalue weighted by Gasteiger charge is -2.33. The molecule has 0 aliphatic carbocycles. The molecule has 1 amide bonds. The first-order chi connectivity index (χ1) is 13.8. The van der Waals surface area contributed by atoms with Crippen LogP contribution in [-0.2, 0) is 10.0 Å². The van der Waals surface area contributed by atoms with Crippen LogP contribution in [0.4, 0.5) is 8.78 Å². The molecule has 2 heterocycles. The lowest BCUT2D eigenvalue weighted by atomic mass is 10.2. The van der Waals surface area contributed by atoms with Crippen LogP contribution in [0, 0.1) is 11.6 Å². The lowest BCUT2D eigenvalue weighted by molar-refractivity contribution is 0.0668. The molecule has 1 aliphatic rings. The highest BCUT2D eigenvalue weighted by Gasteiger charge is 2.34. The van der Waals surface area contributed by atoms with Gasteiger partial charge in [-0.1, -0.05) is 18.2 Å². The Balaban J connectivity index is 1.51. The Morgan fingerprint density at radius 1 is 1.00 bits per heavy atom. The van der Waals surface area contributed by atoms with Crippen molar-refractivity contribution in [1.29, 1.82) is 0 Å². The number of para-hydroxylation sites is 1. The number of furan rings is 1. The fourth-order valence-electron chi connectivity index (χ4n) is 3.28. The monoisotopic (exact) mass is 484 g/mol. The smallest absolute Gasteiger partial charge is 0.289 e. The van der Waals surface area contributed by atoms with E-state index in [1.807, 2.05) is 12.1 Å². The van der Waals surface area contributed by atoms with Crippen LogP contribution in [0.1, 0.15) is 10.6 Å². The van der Waals surface area contributed by atoms with E-state index in [0.717, 1.165) is 32.4 Å². The summed E-state index contributed by atoms with van der Waals surface area (Å²) in [6.45, 7) is -0.00373. The molecule has 0 N–H and O–H groups in total. The molecule has 1 fully saturated rings. The molecule has 1 saturated heterocycles.